The third kappa shape index (κ3) is 5.84. The Morgan fingerprint density at radius 1 is 0.854 bits per heavy atom. The number of carbonyl (C=O) groups is 2. The van der Waals surface area contributed by atoms with Crippen molar-refractivity contribution in [3.8, 4) is 17.2 Å². The number of likely N-dealkylation sites (tertiary alicyclic amines) is 1. The minimum atomic E-state index is -1.02. The van der Waals surface area contributed by atoms with Gasteiger partial charge in [0.05, 0.1) is 34.5 Å². The summed E-state index contributed by atoms with van der Waals surface area (Å²) < 4.78 is 27.7. The van der Waals surface area contributed by atoms with Crippen LogP contribution in [-0.4, -0.2) is 64.5 Å². The van der Waals surface area contributed by atoms with Crippen molar-refractivity contribution < 1.29 is 33.3 Å². The molecule has 1 heterocycles. The highest BCUT2D eigenvalue weighted by atomic mass is 16.5. The highest BCUT2D eigenvalue weighted by Crippen LogP contribution is 2.57. The second-order valence-corrected chi connectivity index (χ2v) is 10.6. The lowest BCUT2D eigenvalue weighted by atomic mass is 9.54. The number of ether oxygens (including phenoxy) is 5. The summed E-state index contributed by atoms with van der Waals surface area (Å²) in [6.45, 7) is 9.86. The molecule has 2 bridgehead atoms. The van der Waals surface area contributed by atoms with Gasteiger partial charge in [-0.1, -0.05) is 37.3 Å². The van der Waals surface area contributed by atoms with Gasteiger partial charge in [-0.05, 0) is 73.2 Å². The van der Waals surface area contributed by atoms with E-state index in [0.29, 0.717) is 56.0 Å². The topological polar surface area (TPSA) is 83.5 Å². The molecule has 4 rings (SSSR count). The van der Waals surface area contributed by atoms with E-state index < -0.39 is 10.8 Å². The van der Waals surface area contributed by atoms with Crippen LogP contribution in [0.25, 0.3) is 5.57 Å². The summed E-state index contributed by atoms with van der Waals surface area (Å²) in [5.41, 5.74) is 1.19. The maximum atomic E-state index is 13.9. The number of esters is 2. The molecule has 220 valence electrons. The van der Waals surface area contributed by atoms with Crippen molar-refractivity contribution in [2.45, 2.75) is 39.7 Å². The molecule has 1 saturated carbocycles. The van der Waals surface area contributed by atoms with Crippen LogP contribution in [-0.2, 0) is 25.6 Å². The van der Waals surface area contributed by atoms with E-state index in [1.807, 2.05) is 48.5 Å². The van der Waals surface area contributed by atoms with Crippen molar-refractivity contribution in [1.82, 2.24) is 4.90 Å². The fourth-order valence-corrected chi connectivity index (χ4v) is 6.33. The summed E-state index contributed by atoms with van der Waals surface area (Å²) >= 11 is 0. The molecule has 0 amide bonds. The third-order valence-corrected chi connectivity index (χ3v) is 8.20. The van der Waals surface area contributed by atoms with Crippen molar-refractivity contribution in [3.63, 3.8) is 0 Å². The fraction of sp³-hybridized carbons (Fsp3) is 0.455. The van der Waals surface area contributed by atoms with Crippen molar-refractivity contribution in [2.24, 2.45) is 10.8 Å². The van der Waals surface area contributed by atoms with Gasteiger partial charge in [0.1, 0.15) is 16.6 Å². The van der Waals surface area contributed by atoms with Crippen molar-refractivity contribution in [1.29, 1.82) is 0 Å². The Morgan fingerprint density at radius 3 is 1.95 bits per heavy atom. The molecule has 2 atom stereocenters. The lowest BCUT2D eigenvalue weighted by Crippen LogP contribution is -2.62. The van der Waals surface area contributed by atoms with Gasteiger partial charge in [0.15, 0.2) is 11.5 Å². The minimum absolute atomic E-state index is 0.245. The quantitative estimate of drug-likeness (QED) is 0.334. The van der Waals surface area contributed by atoms with Crippen molar-refractivity contribution >= 4 is 17.5 Å². The highest BCUT2D eigenvalue weighted by Gasteiger charge is 2.62. The van der Waals surface area contributed by atoms with E-state index in [4.69, 9.17) is 23.7 Å². The second-order valence-electron chi connectivity index (χ2n) is 10.6. The molecule has 8 heteroatoms. The van der Waals surface area contributed by atoms with Gasteiger partial charge in [-0.25, -0.2) is 0 Å². The number of fused-ring (bicyclic) bond motifs is 2. The number of benzene rings is 2. The summed E-state index contributed by atoms with van der Waals surface area (Å²) in [7, 11) is 4.80. The van der Waals surface area contributed by atoms with E-state index in [-0.39, 0.29) is 25.2 Å². The van der Waals surface area contributed by atoms with Crippen LogP contribution in [0.15, 0.2) is 60.7 Å². The molecule has 2 aliphatic rings. The molecule has 0 radical (unpaired) electrons. The summed E-state index contributed by atoms with van der Waals surface area (Å²) in [4.78, 5) is 30.0. The molecule has 2 fully saturated rings. The van der Waals surface area contributed by atoms with E-state index in [1.54, 1.807) is 35.2 Å². The monoisotopic (exact) mass is 563 g/mol. The van der Waals surface area contributed by atoms with Crippen LogP contribution in [0.4, 0.5) is 0 Å². The zero-order valence-electron chi connectivity index (χ0n) is 24.8. The van der Waals surface area contributed by atoms with E-state index in [1.165, 1.54) is 0 Å². The predicted octanol–water partition coefficient (Wildman–Crippen LogP) is 5.45. The summed E-state index contributed by atoms with van der Waals surface area (Å²) in [6, 6.07) is 13.4. The number of piperidine rings is 1. The van der Waals surface area contributed by atoms with Crippen LogP contribution in [0.3, 0.4) is 0 Å². The fourth-order valence-electron chi connectivity index (χ4n) is 6.33. The van der Waals surface area contributed by atoms with Crippen LogP contribution >= 0.6 is 0 Å². The van der Waals surface area contributed by atoms with Gasteiger partial charge in [0.25, 0.3) is 0 Å². The second kappa shape index (κ2) is 12.8. The predicted molar refractivity (Wildman–Crippen MR) is 157 cm³/mol. The zero-order valence-corrected chi connectivity index (χ0v) is 24.8. The molecular formula is C33H41NO7. The number of carbonyl (C=O) groups excluding carboxylic acids is 2. The number of hydrogen-bond acceptors (Lipinski definition) is 8. The zero-order chi connectivity index (χ0) is 29.6. The van der Waals surface area contributed by atoms with Crippen LogP contribution in [0.2, 0.25) is 0 Å². The Balaban J connectivity index is 1.83. The first kappa shape index (κ1) is 30.2. The molecule has 0 spiro atoms. The average molecular weight is 564 g/mol. The minimum Gasteiger partial charge on any atom is -0.497 e. The molecule has 0 unspecified atom stereocenters. The normalized spacial score (nSPS) is 23.0. The van der Waals surface area contributed by atoms with E-state index in [9.17, 15) is 9.59 Å². The molecule has 1 aliphatic carbocycles. The number of methoxy groups -OCH3 is 3. The largest absolute Gasteiger partial charge is 0.497 e. The van der Waals surface area contributed by atoms with Gasteiger partial charge in [-0.15, -0.1) is 0 Å². The maximum absolute atomic E-state index is 13.9. The van der Waals surface area contributed by atoms with Crippen LogP contribution in [0, 0.1) is 10.8 Å². The molecule has 0 aromatic heterocycles. The first-order valence-corrected chi connectivity index (χ1v) is 14.1. The Labute approximate surface area is 242 Å². The SMILES string of the molecule is C=C(C=C1[C@@]2(C(=O)OCC)CCC[C@]1(C(=O)OCC)CN(Cc1ccc(OC)cc1)C2)c1ccc(OC)c(OC)c1. The smallest absolute Gasteiger partial charge is 0.317 e. The number of rotatable bonds is 11. The van der Waals surface area contributed by atoms with Gasteiger partial charge in [-0.2, -0.15) is 0 Å². The molecule has 1 aliphatic heterocycles. The molecule has 41 heavy (non-hydrogen) atoms. The first-order chi connectivity index (χ1) is 19.8. The van der Waals surface area contributed by atoms with Gasteiger partial charge < -0.3 is 23.7 Å². The standard InChI is InChI=1S/C33H41NO7/c1-7-40-30(35)32-16-9-17-33(31(36)41-8-2,22-34(21-32)20-24-10-13-26(37-4)14-11-24)29(32)18-23(3)25-12-15-27(38-5)28(19-25)39-6/h10-15,18-19H,3,7-9,16-17,20-22H2,1-2,4-6H3/t32-,33+. The van der Waals surface area contributed by atoms with Gasteiger partial charge in [-0.3, -0.25) is 14.5 Å². The molecular weight excluding hydrogens is 522 g/mol. The third-order valence-electron chi connectivity index (χ3n) is 8.20. The van der Waals surface area contributed by atoms with Gasteiger partial charge in [0.2, 0.25) is 0 Å². The summed E-state index contributed by atoms with van der Waals surface area (Å²) in [5, 5.41) is 0. The Bertz CT molecular complexity index is 1260. The maximum Gasteiger partial charge on any atom is 0.317 e. The van der Waals surface area contributed by atoms with Crippen molar-refractivity contribution in [2.75, 3.05) is 47.6 Å². The van der Waals surface area contributed by atoms with Crippen LogP contribution < -0.4 is 14.2 Å². The Kier molecular flexibility index (Phi) is 9.43. The molecule has 8 nitrogen and oxygen atoms in total. The molecule has 2 aromatic carbocycles. The van der Waals surface area contributed by atoms with E-state index >= 15 is 0 Å². The summed E-state index contributed by atoms with van der Waals surface area (Å²) in [6.07, 6.45) is 3.75. The lowest BCUT2D eigenvalue weighted by Gasteiger charge is -2.55. The van der Waals surface area contributed by atoms with Gasteiger partial charge >= 0.3 is 11.9 Å². The number of nitrogens with zero attached hydrogens (tertiary/aromatic N) is 1. The van der Waals surface area contributed by atoms with Gasteiger partial charge in [0, 0.05) is 19.6 Å². The molecule has 2 aromatic rings. The molecule has 1 saturated heterocycles. The van der Waals surface area contributed by atoms with Crippen LogP contribution in [0.5, 0.6) is 17.2 Å². The first-order valence-electron chi connectivity index (χ1n) is 14.1. The molecule has 0 N–H and O–H groups in total. The lowest BCUT2D eigenvalue weighted by molar-refractivity contribution is -0.169. The average Bonchev–Trinajstić information content (AvgIpc) is 2.97. The Hall–Kier alpha value is -3.78. The summed E-state index contributed by atoms with van der Waals surface area (Å²) in [5.74, 6) is 1.30. The number of hydrogen-bond donors (Lipinski definition) is 0. The van der Waals surface area contributed by atoms with Crippen LogP contribution in [0.1, 0.15) is 44.2 Å². The number of allylic oxidation sites excluding steroid dienone is 2. The van der Waals surface area contributed by atoms with E-state index in [0.717, 1.165) is 22.4 Å². The Morgan fingerprint density at radius 2 is 1.44 bits per heavy atom. The van der Waals surface area contributed by atoms with E-state index in [2.05, 4.69) is 11.5 Å². The van der Waals surface area contributed by atoms with Crippen molar-refractivity contribution in [3.05, 3.63) is 71.8 Å². The highest BCUT2D eigenvalue weighted by molar-refractivity contribution is 5.91.